The summed E-state index contributed by atoms with van der Waals surface area (Å²) < 4.78 is 5.63. The van der Waals surface area contributed by atoms with Gasteiger partial charge in [0.05, 0.1) is 16.7 Å². The van der Waals surface area contributed by atoms with E-state index in [4.69, 9.17) is 21.4 Å². The molecule has 6 nitrogen and oxygen atoms in total. The van der Waals surface area contributed by atoms with Gasteiger partial charge in [0, 0.05) is 33.8 Å². The van der Waals surface area contributed by atoms with E-state index in [9.17, 15) is 9.59 Å². The molecule has 0 bridgehead atoms. The topological polar surface area (TPSA) is 79.7 Å². The molecule has 1 aromatic heterocycles. The maximum absolute atomic E-state index is 13.9. The Labute approximate surface area is 207 Å². The molecule has 3 unspecified atom stereocenters. The second-order valence-corrected chi connectivity index (χ2v) is 10.5. The molecule has 0 spiro atoms. The third kappa shape index (κ3) is 4.30. The number of carboxylic acids is 1. The van der Waals surface area contributed by atoms with Gasteiger partial charge in [0.2, 0.25) is 5.91 Å². The summed E-state index contributed by atoms with van der Waals surface area (Å²) in [7, 11) is 0. The summed E-state index contributed by atoms with van der Waals surface area (Å²) in [5, 5.41) is 10.7. The molecular weight excluding hydrogens is 472 g/mol. The summed E-state index contributed by atoms with van der Waals surface area (Å²) in [4.78, 5) is 32.7. The maximum Gasteiger partial charge on any atom is 0.341 e. The van der Waals surface area contributed by atoms with Gasteiger partial charge in [-0.2, -0.15) is 0 Å². The number of carbonyl (C=O) groups excluding carboxylic acids is 1. The van der Waals surface area contributed by atoms with Crippen molar-refractivity contribution in [2.75, 3.05) is 13.2 Å². The first-order chi connectivity index (χ1) is 16.3. The number of aromatic nitrogens is 1. The number of ether oxygens (including phenoxy) is 1. The molecule has 2 aromatic carbocycles. The van der Waals surface area contributed by atoms with Crippen molar-refractivity contribution < 1.29 is 19.4 Å². The lowest BCUT2D eigenvalue weighted by molar-refractivity contribution is -0.139. The van der Waals surface area contributed by atoms with E-state index in [-0.39, 0.29) is 17.7 Å². The normalized spacial score (nSPS) is 21.1. The van der Waals surface area contributed by atoms with Crippen molar-refractivity contribution in [3.05, 3.63) is 79.8 Å². The van der Waals surface area contributed by atoms with Crippen LogP contribution in [0.2, 0.25) is 5.02 Å². The average Bonchev–Trinajstić information content (AvgIpc) is 3.53. The van der Waals surface area contributed by atoms with E-state index in [1.54, 1.807) is 29.5 Å². The predicted octanol–water partition coefficient (Wildman–Crippen LogP) is 5.15. The van der Waals surface area contributed by atoms with E-state index in [1.165, 1.54) is 10.4 Å². The zero-order valence-electron chi connectivity index (χ0n) is 19.0. The monoisotopic (exact) mass is 496 g/mol. The van der Waals surface area contributed by atoms with Crippen LogP contribution in [0.4, 0.5) is 0 Å². The highest BCUT2D eigenvalue weighted by Gasteiger charge is 2.49. The lowest BCUT2D eigenvalue weighted by Crippen LogP contribution is -2.41. The van der Waals surface area contributed by atoms with Gasteiger partial charge in [-0.3, -0.25) is 4.79 Å². The largest absolute Gasteiger partial charge is 0.482 e. The Morgan fingerprint density at radius 1 is 1.21 bits per heavy atom. The number of hydrogen-bond donors (Lipinski definition) is 1. The Morgan fingerprint density at radius 2 is 2.00 bits per heavy atom. The number of rotatable bonds is 6. The maximum atomic E-state index is 13.9. The van der Waals surface area contributed by atoms with Crippen LogP contribution in [0.5, 0.6) is 5.75 Å². The molecule has 1 amide bonds. The molecule has 1 fully saturated rings. The summed E-state index contributed by atoms with van der Waals surface area (Å²) in [6.45, 7) is 4.12. The molecule has 3 aromatic rings. The molecule has 1 saturated carbocycles. The number of nitrogens with zero attached hydrogens (tertiary/aromatic N) is 2. The Morgan fingerprint density at radius 3 is 2.74 bits per heavy atom. The van der Waals surface area contributed by atoms with Crippen molar-refractivity contribution in [3.63, 3.8) is 0 Å². The van der Waals surface area contributed by atoms with E-state index in [1.807, 2.05) is 36.9 Å². The molecule has 1 N–H and O–H groups in total. The number of benzene rings is 2. The van der Waals surface area contributed by atoms with Crippen molar-refractivity contribution in [1.29, 1.82) is 0 Å². The zero-order valence-corrected chi connectivity index (χ0v) is 20.5. The van der Waals surface area contributed by atoms with Crippen LogP contribution in [0.25, 0.3) is 0 Å². The molecule has 0 radical (unpaired) electrons. The molecule has 5 rings (SSSR count). The Balaban J connectivity index is 1.52. The molecular formula is C26H25ClN2O4S. The van der Waals surface area contributed by atoms with E-state index in [0.29, 0.717) is 22.9 Å². The molecule has 0 saturated heterocycles. The van der Waals surface area contributed by atoms with E-state index in [0.717, 1.165) is 29.1 Å². The lowest BCUT2D eigenvalue weighted by atomic mass is 9.87. The van der Waals surface area contributed by atoms with Gasteiger partial charge in [-0.05, 0) is 56.0 Å². The van der Waals surface area contributed by atoms with Gasteiger partial charge in [0.25, 0.3) is 0 Å². The van der Waals surface area contributed by atoms with Crippen molar-refractivity contribution >= 4 is 34.8 Å². The number of amides is 1. The van der Waals surface area contributed by atoms with E-state index in [2.05, 4.69) is 11.1 Å². The van der Waals surface area contributed by atoms with Crippen molar-refractivity contribution in [2.24, 2.45) is 5.92 Å². The zero-order chi connectivity index (χ0) is 24.0. The molecule has 1 aliphatic carbocycles. The first kappa shape index (κ1) is 22.9. The Hall–Kier alpha value is -2.90. The van der Waals surface area contributed by atoms with Crippen molar-refractivity contribution in [3.8, 4) is 5.75 Å². The number of aryl methyl sites for hydroxylation is 2. The SMILES string of the molecule is Cc1nc(C)c(C2CC2C(=O)N2CCc3ccccc3C2c2cc(Cl)ccc2OCC(=O)O)s1. The fourth-order valence-corrected chi connectivity index (χ4v) is 6.29. The number of thiazole rings is 1. The number of hydrogen-bond acceptors (Lipinski definition) is 5. The van der Waals surface area contributed by atoms with Crippen molar-refractivity contribution in [2.45, 2.75) is 38.6 Å². The number of carbonyl (C=O) groups is 2. The van der Waals surface area contributed by atoms with Gasteiger partial charge in [-0.1, -0.05) is 35.9 Å². The van der Waals surface area contributed by atoms with Gasteiger partial charge < -0.3 is 14.7 Å². The lowest BCUT2D eigenvalue weighted by Gasteiger charge is -2.38. The highest BCUT2D eigenvalue weighted by atomic mass is 35.5. The second kappa shape index (κ2) is 9.04. The quantitative estimate of drug-likeness (QED) is 0.510. The molecule has 34 heavy (non-hydrogen) atoms. The predicted molar refractivity (Wildman–Crippen MR) is 131 cm³/mol. The number of carboxylic acid groups (broad SMARTS) is 1. The Kier molecular flexibility index (Phi) is 6.08. The third-order valence-electron chi connectivity index (χ3n) is 6.57. The smallest absolute Gasteiger partial charge is 0.341 e. The Bertz CT molecular complexity index is 1270. The summed E-state index contributed by atoms with van der Waals surface area (Å²) >= 11 is 8.05. The van der Waals surface area contributed by atoms with Gasteiger partial charge in [-0.15, -0.1) is 11.3 Å². The number of aliphatic carboxylic acids is 1. The summed E-state index contributed by atoms with van der Waals surface area (Å²) in [5.74, 6) is -0.395. The minimum absolute atomic E-state index is 0.0751. The summed E-state index contributed by atoms with van der Waals surface area (Å²) in [5.41, 5.74) is 3.91. The van der Waals surface area contributed by atoms with Crippen LogP contribution in [0.3, 0.4) is 0 Å². The van der Waals surface area contributed by atoms with Gasteiger partial charge >= 0.3 is 5.97 Å². The molecule has 8 heteroatoms. The number of halogens is 1. The fraction of sp³-hybridized carbons (Fsp3) is 0.346. The average molecular weight is 497 g/mol. The number of fused-ring (bicyclic) bond motifs is 1. The minimum atomic E-state index is -1.06. The molecule has 176 valence electrons. The molecule has 3 atom stereocenters. The van der Waals surface area contributed by atoms with Crippen LogP contribution in [-0.2, 0) is 16.0 Å². The van der Waals surface area contributed by atoms with Crippen LogP contribution in [0.15, 0.2) is 42.5 Å². The molecule has 2 aliphatic rings. The van der Waals surface area contributed by atoms with E-state index < -0.39 is 18.6 Å². The second-order valence-electron chi connectivity index (χ2n) is 8.88. The third-order valence-corrected chi connectivity index (χ3v) is 8.01. The van der Waals surface area contributed by atoms with Crippen LogP contribution >= 0.6 is 22.9 Å². The van der Waals surface area contributed by atoms with Crippen LogP contribution < -0.4 is 4.74 Å². The molecule has 1 aliphatic heterocycles. The minimum Gasteiger partial charge on any atom is -0.482 e. The van der Waals surface area contributed by atoms with Gasteiger partial charge in [0.1, 0.15) is 5.75 Å². The van der Waals surface area contributed by atoms with E-state index >= 15 is 0 Å². The van der Waals surface area contributed by atoms with Gasteiger partial charge in [0.15, 0.2) is 6.61 Å². The standard InChI is InChI=1S/C26H25ClN2O4S/c1-14-25(34-15(2)28-14)19-12-20(19)26(32)29-10-9-16-5-3-4-6-18(16)24(29)21-11-17(27)7-8-22(21)33-13-23(30)31/h3-8,11,19-20,24H,9-10,12-13H2,1-2H3,(H,30,31). The summed E-state index contributed by atoms with van der Waals surface area (Å²) in [6, 6.07) is 12.8. The first-order valence-electron chi connectivity index (χ1n) is 11.3. The highest BCUT2D eigenvalue weighted by Crippen LogP contribution is 2.53. The van der Waals surface area contributed by atoms with Crippen LogP contribution in [0.1, 0.15) is 50.6 Å². The summed E-state index contributed by atoms with van der Waals surface area (Å²) in [6.07, 6.45) is 1.59. The van der Waals surface area contributed by atoms with Crippen LogP contribution in [0, 0.1) is 19.8 Å². The highest BCUT2D eigenvalue weighted by molar-refractivity contribution is 7.11. The van der Waals surface area contributed by atoms with Crippen LogP contribution in [-0.4, -0.2) is 40.0 Å². The van der Waals surface area contributed by atoms with Crippen molar-refractivity contribution in [1.82, 2.24) is 9.88 Å². The fourth-order valence-electron chi connectivity index (χ4n) is 5.01. The molecule has 2 heterocycles. The first-order valence-corrected chi connectivity index (χ1v) is 12.5. The van der Waals surface area contributed by atoms with Gasteiger partial charge in [-0.25, -0.2) is 9.78 Å².